The first-order chi connectivity index (χ1) is 11.6. The molecule has 0 bridgehead atoms. The lowest BCUT2D eigenvalue weighted by molar-refractivity contribution is -0.719. The second kappa shape index (κ2) is 5.91. The van der Waals surface area contributed by atoms with Crippen LogP contribution in [0.25, 0.3) is 11.1 Å². The van der Waals surface area contributed by atoms with Crippen LogP contribution in [0.5, 0.6) is 5.88 Å². The van der Waals surface area contributed by atoms with E-state index in [4.69, 9.17) is 11.6 Å². The van der Waals surface area contributed by atoms with E-state index in [0.29, 0.717) is 22.1 Å². The molecule has 1 aliphatic heterocycles. The average Bonchev–Trinajstić information content (AvgIpc) is 3.20. The molecule has 3 heterocycles. The highest BCUT2D eigenvalue weighted by Crippen LogP contribution is 2.43. The number of hydrogen-bond donors (Lipinski definition) is 1. The first-order valence-corrected chi connectivity index (χ1v) is 9.32. The third-order valence-corrected chi connectivity index (χ3v) is 6.76. The average molecular weight is 379 g/mol. The van der Waals surface area contributed by atoms with Crippen LogP contribution in [-0.4, -0.2) is 14.7 Å². The minimum atomic E-state index is -0.183. The third kappa shape index (κ3) is 2.44. The summed E-state index contributed by atoms with van der Waals surface area (Å²) in [4.78, 5) is 18.1. The molecule has 0 saturated heterocycles. The Bertz CT molecular complexity index is 985. The Morgan fingerprint density at radius 3 is 2.79 bits per heavy atom. The monoisotopic (exact) mass is 378 g/mol. The van der Waals surface area contributed by atoms with Crippen molar-refractivity contribution in [3.63, 3.8) is 0 Å². The van der Waals surface area contributed by atoms with Crippen molar-refractivity contribution in [2.45, 2.75) is 17.0 Å². The summed E-state index contributed by atoms with van der Waals surface area (Å²) in [6.07, 6.45) is 1.75. The van der Waals surface area contributed by atoms with Crippen LogP contribution in [0.15, 0.2) is 46.5 Å². The number of aromatic hydroxyl groups is 1. The van der Waals surface area contributed by atoms with Crippen molar-refractivity contribution in [2.24, 2.45) is 7.05 Å². The summed E-state index contributed by atoms with van der Waals surface area (Å²) in [6, 6.07) is 9.23. The molecule has 1 aromatic carbocycles. The fraction of sp³-hybridized carbons (Fsp3) is 0.188. The minimum Gasteiger partial charge on any atom is -0.477 e. The van der Waals surface area contributed by atoms with E-state index in [9.17, 15) is 9.90 Å². The van der Waals surface area contributed by atoms with E-state index in [1.165, 1.54) is 23.1 Å². The molecule has 8 heteroatoms. The Kier molecular flexibility index (Phi) is 3.86. The molecule has 0 fully saturated rings. The number of hydrogen-bond acceptors (Lipinski definition) is 5. The highest BCUT2D eigenvalue weighted by Gasteiger charge is 2.38. The van der Waals surface area contributed by atoms with Crippen molar-refractivity contribution < 1.29 is 9.67 Å². The summed E-state index contributed by atoms with van der Waals surface area (Å²) >= 11 is 8.89. The SMILES string of the molecule is C[n+]1c(O)c(-c2ccccc2)c(=O)n2c1SC(c1cnc(Cl)s1)C2. The van der Waals surface area contributed by atoms with Crippen LogP contribution < -0.4 is 10.1 Å². The van der Waals surface area contributed by atoms with Crippen LogP contribution >= 0.6 is 34.7 Å². The molecule has 3 aromatic rings. The molecule has 0 spiro atoms. The number of benzene rings is 1. The fourth-order valence-electron chi connectivity index (χ4n) is 2.81. The lowest BCUT2D eigenvalue weighted by Gasteiger charge is -2.06. The number of thioether (sulfide) groups is 1. The van der Waals surface area contributed by atoms with Crippen molar-refractivity contribution in [2.75, 3.05) is 0 Å². The molecule has 4 rings (SSSR count). The highest BCUT2D eigenvalue weighted by molar-refractivity contribution is 7.99. The van der Waals surface area contributed by atoms with Crippen LogP contribution in [0, 0.1) is 0 Å². The fourth-order valence-corrected chi connectivity index (χ4v) is 5.21. The van der Waals surface area contributed by atoms with Crippen LogP contribution in [0.4, 0.5) is 0 Å². The summed E-state index contributed by atoms with van der Waals surface area (Å²) in [5, 5.41) is 11.4. The molecule has 1 aliphatic rings. The van der Waals surface area contributed by atoms with Gasteiger partial charge >= 0.3 is 10.7 Å². The van der Waals surface area contributed by atoms with Crippen LogP contribution in [0.3, 0.4) is 0 Å². The van der Waals surface area contributed by atoms with E-state index in [1.54, 1.807) is 22.4 Å². The van der Waals surface area contributed by atoms with E-state index in [1.807, 2.05) is 30.3 Å². The summed E-state index contributed by atoms with van der Waals surface area (Å²) in [5.74, 6) is -0.0204. The maximum Gasteiger partial charge on any atom is 0.350 e. The van der Waals surface area contributed by atoms with Gasteiger partial charge in [-0.2, -0.15) is 9.13 Å². The molecule has 0 aliphatic carbocycles. The summed E-state index contributed by atoms with van der Waals surface area (Å²) in [5.41, 5.74) is 0.850. The first kappa shape index (κ1) is 15.7. The molecule has 0 radical (unpaired) electrons. The molecule has 1 N–H and O–H groups in total. The topological polar surface area (TPSA) is 59.0 Å². The number of aromatic nitrogens is 3. The van der Waals surface area contributed by atoms with Gasteiger partial charge in [0.25, 0.3) is 5.88 Å². The Labute approximate surface area is 151 Å². The number of thiazole rings is 1. The van der Waals surface area contributed by atoms with Crippen molar-refractivity contribution in [1.29, 1.82) is 0 Å². The van der Waals surface area contributed by atoms with Gasteiger partial charge in [0.05, 0.1) is 12.3 Å². The molecule has 5 nitrogen and oxygen atoms in total. The molecule has 0 saturated carbocycles. The number of nitrogens with zero attached hydrogens (tertiary/aromatic N) is 3. The molecular formula is C16H13ClN3O2S2+. The smallest absolute Gasteiger partial charge is 0.350 e. The zero-order valence-corrected chi connectivity index (χ0v) is 15.0. The quantitative estimate of drug-likeness (QED) is 0.550. The largest absolute Gasteiger partial charge is 0.477 e. The molecular weight excluding hydrogens is 366 g/mol. The van der Waals surface area contributed by atoms with Gasteiger partial charge < -0.3 is 5.11 Å². The maximum absolute atomic E-state index is 13.0. The van der Waals surface area contributed by atoms with Gasteiger partial charge in [-0.25, -0.2) is 9.78 Å². The van der Waals surface area contributed by atoms with Gasteiger partial charge in [0, 0.05) is 11.1 Å². The van der Waals surface area contributed by atoms with Crippen LogP contribution in [0.2, 0.25) is 4.47 Å². The predicted octanol–water partition coefficient (Wildman–Crippen LogP) is 3.00. The lowest BCUT2D eigenvalue weighted by atomic mass is 10.1. The lowest BCUT2D eigenvalue weighted by Crippen LogP contribution is -2.39. The van der Waals surface area contributed by atoms with Gasteiger partial charge in [0.2, 0.25) is 0 Å². The maximum atomic E-state index is 13.0. The Morgan fingerprint density at radius 2 is 2.12 bits per heavy atom. The second-order valence-electron chi connectivity index (χ2n) is 5.44. The second-order valence-corrected chi connectivity index (χ2v) is 8.26. The Hall–Kier alpha value is -1.83. The van der Waals surface area contributed by atoms with E-state index in [-0.39, 0.29) is 16.7 Å². The van der Waals surface area contributed by atoms with E-state index >= 15 is 0 Å². The summed E-state index contributed by atoms with van der Waals surface area (Å²) in [7, 11) is 1.77. The molecule has 2 aromatic heterocycles. The van der Waals surface area contributed by atoms with Gasteiger partial charge in [0.1, 0.15) is 6.54 Å². The number of fused-ring (bicyclic) bond motifs is 1. The standard InChI is InChI=1S/C16H12ClN3O2S2/c1-19-13(21)12(9-5-3-2-4-6-9)14(22)20-8-11(24-16(19)20)10-7-18-15(17)23-10/h2-7,11H,8H2,1H3/p+1. The van der Waals surface area contributed by atoms with Gasteiger partial charge in [0.15, 0.2) is 10.0 Å². The van der Waals surface area contributed by atoms with Gasteiger partial charge in [-0.15, -0.1) is 11.3 Å². The molecule has 1 atom stereocenters. The zero-order valence-electron chi connectivity index (χ0n) is 12.6. The van der Waals surface area contributed by atoms with Crippen molar-refractivity contribution in [1.82, 2.24) is 9.55 Å². The highest BCUT2D eigenvalue weighted by atomic mass is 35.5. The predicted molar refractivity (Wildman–Crippen MR) is 94.7 cm³/mol. The van der Waals surface area contributed by atoms with E-state index < -0.39 is 0 Å². The number of rotatable bonds is 2. The van der Waals surface area contributed by atoms with E-state index in [2.05, 4.69) is 4.98 Å². The van der Waals surface area contributed by atoms with Crippen molar-refractivity contribution in [3.8, 4) is 17.0 Å². The van der Waals surface area contributed by atoms with Crippen molar-refractivity contribution in [3.05, 3.63) is 56.2 Å². The molecule has 0 amide bonds. The zero-order chi connectivity index (χ0) is 16.8. The molecule has 24 heavy (non-hydrogen) atoms. The summed E-state index contributed by atoms with van der Waals surface area (Å²) in [6.45, 7) is 0.533. The minimum absolute atomic E-state index is 0.0204. The first-order valence-electron chi connectivity index (χ1n) is 7.25. The molecule has 122 valence electrons. The number of halogens is 1. The van der Waals surface area contributed by atoms with E-state index in [0.717, 1.165) is 10.0 Å². The van der Waals surface area contributed by atoms with Gasteiger partial charge in [-0.1, -0.05) is 41.9 Å². The summed E-state index contributed by atoms with van der Waals surface area (Å²) < 4.78 is 3.87. The molecule has 1 unspecified atom stereocenters. The van der Waals surface area contributed by atoms with Crippen LogP contribution in [0.1, 0.15) is 10.1 Å². The Balaban J connectivity index is 1.85. The Morgan fingerprint density at radius 1 is 1.38 bits per heavy atom. The normalized spacial score (nSPS) is 16.3. The van der Waals surface area contributed by atoms with Crippen molar-refractivity contribution >= 4 is 34.7 Å². The third-order valence-electron chi connectivity index (χ3n) is 3.99. The van der Waals surface area contributed by atoms with Crippen LogP contribution in [-0.2, 0) is 13.6 Å². The van der Waals surface area contributed by atoms with Gasteiger partial charge in [-0.3, -0.25) is 0 Å². The van der Waals surface area contributed by atoms with Gasteiger partial charge in [-0.05, 0) is 17.3 Å².